The number of carbonyl (C=O) groups is 1. The number of rotatable bonds is 4. The highest BCUT2D eigenvalue weighted by molar-refractivity contribution is 5.75. The van der Waals surface area contributed by atoms with Crippen molar-refractivity contribution < 1.29 is 4.79 Å². The molecule has 1 amide bonds. The zero-order valence-electron chi connectivity index (χ0n) is 11.4. The maximum atomic E-state index is 11.7. The normalized spacial score (nSPS) is 20.7. The van der Waals surface area contributed by atoms with Gasteiger partial charge in [-0.3, -0.25) is 4.79 Å². The highest BCUT2D eigenvalue weighted by Crippen LogP contribution is 2.67. The highest BCUT2D eigenvalue weighted by Gasteiger charge is 2.64. The van der Waals surface area contributed by atoms with Gasteiger partial charge in [0.05, 0.1) is 0 Å². The lowest BCUT2D eigenvalue weighted by Gasteiger charge is -2.06. The molecule has 6 heteroatoms. The first-order chi connectivity index (χ1) is 8.25. The fourth-order valence-electron chi connectivity index (χ4n) is 2.65. The Morgan fingerprint density at radius 1 is 1.44 bits per heavy atom. The summed E-state index contributed by atoms with van der Waals surface area (Å²) in [6.07, 6.45) is 1.46. The Bertz CT molecular complexity index is 449. The van der Waals surface area contributed by atoms with Crippen LogP contribution >= 0.6 is 0 Å². The molecule has 0 bridgehead atoms. The molecule has 6 nitrogen and oxygen atoms in total. The number of nitrogen functional groups attached to an aromatic ring is 1. The summed E-state index contributed by atoms with van der Waals surface area (Å²) >= 11 is 0. The van der Waals surface area contributed by atoms with Crippen molar-refractivity contribution in [2.24, 2.45) is 16.7 Å². The standard InChI is InChI=1S/C12H21N5O/c1-11(2)8(12(11,3)4)5-14-9(18)6-17-7-15-10(13)16-17/h7-8H,5-6H2,1-4H3,(H2,13,16)(H,14,18). The number of carbonyl (C=O) groups excluding carboxylic acids is 1. The van der Waals surface area contributed by atoms with Crippen molar-refractivity contribution in [1.82, 2.24) is 20.1 Å². The van der Waals surface area contributed by atoms with Crippen molar-refractivity contribution in [3.63, 3.8) is 0 Å². The summed E-state index contributed by atoms with van der Waals surface area (Å²) in [6.45, 7) is 9.83. The van der Waals surface area contributed by atoms with Crippen LogP contribution in [0.5, 0.6) is 0 Å². The van der Waals surface area contributed by atoms with E-state index in [0.29, 0.717) is 12.5 Å². The van der Waals surface area contributed by atoms with Crippen molar-refractivity contribution in [3.05, 3.63) is 6.33 Å². The summed E-state index contributed by atoms with van der Waals surface area (Å²) < 4.78 is 1.44. The third kappa shape index (κ3) is 2.07. The van der Waals surface area contributed by atoms with Crippen LogP contribution < -0.4 is 11.1 Å². The molecule has 100 valence electrons. The molecule has 1 aliphatic rings. The van der Waals surface area contributed by atoms with E-state index in [1.54, 1.807) is 0 Å². The minimum Gasteiger partial charge on any atom is -0.367 e. The van der Waals surface area contributed by atoms with Gasteiger partial charge in [-0.1, -0.05) is 27.7 Å². The lowest BCUT2D eigenvalue weighted by atomic mass is 10.0. The van der Waals surface area contributed by atoms with E-state index in [9.17, 15) is 4.79 Å². The van der Waals surface area contributed by atoms with E-state index in [1.165, 1.54) is 11.0 Å². The Kier molecular flexibility index (Phi) is 2.83. The minimum absolute atomic E-state index is 0.0570. The van der Waals surface area contributed by atoms with E-state index in [2.05, 4.69) is 43.1 Å². The summed E-state index contributed by atoms with van der Waals surface area (Å²) in [7, 11) is 0. The molecule has 1 aromatic heterocycles. The SMILES string of the molecule is CC1(C)C(CNC(=O)Cn2cnc(N)n2)C1(C)C. The molecule has 0 atom stereocenters. The van der Waals surface area contributed by atoms with Crippen LogP contribution in [0.3, 0.4) is 0 Å². The van der Waals surface area contributed by atoms with E-state index in [4.69, 9.17) is 5.73 Å². The van der Waals surface area contributed by atoms with Crippen molar-refractivity contribution in [2.45, 2.75) is 34.2 Å². The van der Waals surface area contributed by atoms with Gasteiger partial charge < -0.3 is 11.1 Å². The van der Waals surface area contributed by atoms with Crippen molar-refractivity contribution >= 4 is 11.9 Å². The number of amides is 1. The first-order valence-corrected chi connectivity index (χ1v) is 6.17. The van der Waals surface area contributed by atoms with Crippen molar-refractivity contribution in [2.75, 3.05) is 12.3 Å². The van der Waals surface area contributed by atoms with E-state index in [-0.39, 0.29) is 29.2 Å². The Hall–Kier alpha value is -1.59. The molecule has 1 aliphatic carbocycles. The smallest absolute Gasteiger partial charge is 0.241 e. The van der Waals surface area contributed by atoms with Gasteiger partial charge in [-0.2, -0.15) is 0 Å². The molecule has 1 saturated carbocycles. The van der Waals surface area contributed by atoms with E-state index in [0.717, 1.165) is 0 Å². The van der Waals surface area contributed by atoms with Gasteiger partial charge in [0, 0.05) is 6.54 Å². The Balaban J connectivity index is 1.80. The van der Waals surface area contributed by atoms with Crippen LogP contribution in [0.4, 0.5) is 5.95 Å². The first kappa shape index (κ1) is 12.9. The van der Waals surface area contributed by atoms with Crippen LogP contribution in [0, 0.1) is 16.7 Å². The lowest BCUT2D eigenvalue weighted by molar-refractivity contribution is -0.121. The largest absolute Gasteiger partial charge is 0.367 e. The second kappa shape index (κ2) is 3.96. The van der Waals surface area contributed by atoms with Crippen LogP contribution in [-0.2, 0) is 11.3 Å². The molecule has 0 aromatic carbocycles. The molecule has 1 aromatic rings. The maximum Gasteiger partial charge on any atom is 0.241 e. The van der Waals surface area contributed by atoms with E-state index >= 15 is 0 Å². The van der Waals surface area contributed by atoms with E-state index < -0.39 is 0 Å². The van der Waals surface area contributed by atoms with Gasteiger partial charge in [-0.15, -0.1) is 5.10 Å². The summed E-state index contributed by atoms with van der Waals surface area (Å²) in [5, 5.41) is 6.82. The third-order valence-corrected chi connectivity index (χ3v) is 4.68. The molecule has 0 aliphatic heterocycles. The lowest BCUT2D eigenvalue weighted by Crippen LogP contribution is -2.30. The number of nitrogens with two attached hydrogens (primary N) is 1. The van der Waals surface area contributed by atoms with Crippen LogP contribution in [0.25, 0.3) is 0 Å². The number of hydrogen-bond donors (Lipinski definition) is 2. The second-order valence-electron chi connectivity index (χ2n) is 6.10. The summed E-state index contributed by atoms with van der Waals surface area (Å²) in [5.41, 5.74) is 5.96. The van der Waals surface area contributed by atoms with Gasteiger partial charge >= 0.3 is 0 Å². The predicted molar refractivity (Wildman–Crippen MR) is 68.5 cm³/mol. The number of aromatic nitrogens is 3. The molecule has 1 fully saturated rings. The summed E-state index contributed by atoms with van der Waals surface area (Å²) in [4.78, 5) is 15.5. The van der Waals surface area contributed by atoms with Crippen LogP contribution in [0.2, 0.25) is 0 Å². The average molecular weight is 251 g/mol. The fraction of sp³-hybridized carbons (Fsp3) is 0.750. The maximum absolute atomic E-state index is 11.7. The van der Waals surface area contributed by atoms with Gasteiger partial charge in [0.1, 0.15) is 12.9 Å². The number of nitrogens with zero attached hydrogens (tertiary/aromatic N) is 3. The molecule has 18 heavy (non-hydrogen) atoms. The van der Waals surface area contributed by atoms with E-state index in [1.807, 2.05) is 0 Å². The summed E-state index contributed by atoms with van der Waals surface area (Å²) in [6, 6.07) is 0. The number of nitrogens with one attached hydrogen (secondary N) is 1. The molecule has 3 N–H and O–H groups in total. The van der Waals surface area contributed by atoms with Gasteiger partial charge in [0.15, 0.2) is 0 Å². The van der Waals surface area contributed by atoms with Crippen LogP contribution in [0.1, 0.15) is 27.7 Å². The second-order valence-corrected chi connectivity index (χ2v) is 6.10. The molecule has 0 unspecified atom stereocenters. The van der Waals surface area contributed by atoms with Gasteiger partial charge in [-0.25, -0.2) is 9.67 Å². The topological polar surface area (TPSA) is 85.8 Å². The summed E-state index contributed by atoms with van der Waals surface area (Å²) in [5.74, 6) is 0.653. The molecular weight excluding hydrogens is 230 g/mol. The Labute approximate surface area is 107 Å². The Morgan fingerprint density at radius 3 is 2.50 bits per heavy atom. The van der Waals surface area contributed by atoms with Crippen LogP contribution in [-0.4, -0.2) is 27.2 Å². The quantitative estimate of drug-likeness (QED) is 0.823. The van der Waals surface area contributed by atoms with Crippen LogP contribution in [0.15, 0.2) is 6.33 Å². The van der Waals surface area contributed by atoms with Gasteiger partial charge in [0.2, 0.25) is 11.9 Å². The average Bonchev–Trinajstić information content (AvgIpc) is 2.57. The highest BCUT2D eigenvalue weighted by atomic mass is 16.2. The number of hydrogen-bond acceptors (Lipinski definition) is 4. The fourth-order valence-corrected chi connectivity index (χ4v) is 2.65. The Morgan fingerprint density at radius 2 is 2.06 bits per heavy atom. The van der Waals surface area contributed by atoms with Gasteiger partial charge in [0.25, 0.3) is 0 Å². The molecule has 0 radical (unpaired) electrons. The van der Waals surface area contributed by atoms with Crippen molar-refractivity contribution in [3.8, 4) is 0 Å². The number of anilines is 1. The third-order valence-electron chi connectivity index (χ3n) is 4.68. The first-order valence-electron chi connectivity index (χ1n) is 6.17. The predicted octanol–water partition coefficient (Wildman–Crippen LogP) is 0.659. The molecule has 0 saturated heterocycles. The molecule has 2 rings (SSSR count). The monoisotopic (exact) mass is 251 g/mol. The zero-order valence-corrected chi connectivity index (χ0v) is 11.4. The molecular formula is C12H21N5O. The molecule has 0 spiro atoms. The van der Waals surface area contributed by atoms with Crippen molar-refractivity contribution in [1.29, 1.82) is 0 Å². The zero-order chi connectivity index (χ0) is 13.6. The minimum atomic E-state index is -0.0570. The van der Waals surface area contributed by atoms with Gasteiger partial charge in [-0.05, 0) is 16.7 Å². The molecule has 1 heterocycles.